The van der Waals surface area contributed by atoms with E-state index in [4.69, 9.17) is 0 Å². The molecule has 1 N–H and O–H groups in total. The van der Waals surface area contributed by atoms with Gasteiger partial charge >= 0.3 is 0 Å². The lowest BCUT2D eigenvalue weighted by Gasteiger charge is -2.18. The zero-order chi connectivity index (χ0) is 14.9. The van der Waals surface area contributed by atoms with Crippen molar-refractivity contribution in [3.63, 3.8) is 0 Å². The molecule has 1 aromatic rings. The van der Waals surface area contributed by atoms with Crippen LogP contribution in [-0.4, -0.2) is 32.4 Å². The molecule has 0 bridgehead atoms. The van der Waals surface area contributed by atoms with Crippen LogP contribution in [0.1, 0.15) is 31.6 Å². The van der Waals surface area contributed by atoms with Crippen LogP contribution < -0.4 is 5.32 Å². The fraction of sp³-hybridized carbons (Fsp3) is 0.692. The van der Waals surface area contributed by atoms with E-state index in [0.29, 0.717) is 27.2 Å². The maximum Gasteiger partial charge on any atom is 0.244 e. The molecule has 2 rings (SSSR count). The summed E-state index contributed by atoms with van der Waals surface area (Å²) in [4.78, 5) is 1.44. The lowest BCUT2D eigenvalue weighted by molar-refractivity contribution is 0.417. The van der Waals surface area contributed by atoms with Gasteiger partial charge in [0.05, 0.1) is 3.79 Å². The van der Waals surface area contributed by atoms with Crippen LogP contribution in [0.4, 0.5) is 0 Å². The summed E-state index contributed by atoms with van der Waals surface area (Å²) in [7, 11) is -1.76. The van der Waals surface area contributed by atoms with Crippen molar-refractivity contribution in [1.29, 1.82) is 0 Å². The molecule has 1 saturated carbocycles. The first kappa shape index (κ1) is 16.4. The molecule has 0 atom stereocenters. The maximum atomic E-state index is 12.5. The van der Waals surface area contributed by atoms with Gasteiger partial charge in [0, 0.05) is 31.1 Å². The van der Waals surface area contributed by atoms with Crippen LogP contribution >= 0.6 is 27.3 Å². The first-order valence-electron chi connectivity index (χ1n) is 6.78. The van der Waals surface area contributed by atoms with E-state index in [9.17, 15) is 8.42 Å². The number of nitrogens with zero attached hydrogens (tertiary/aromatic N) is 1. The second kappa shape index (κ2) is 6.44. The average Bonchev–Trinajstić information content (AvgIpc) is 3.08. The first-order valence-corrected chi connectivity index (χ1v) is 9.83. The Kier molecular flexibility index (Phi) is 5.29. The van der Waals surface area contributed by atoms with E-state index in [0.717, 1.165) is 11.4 Å². The summed E-state index contributed by atoms with van der Waals surface area (Å²) in [5.74, 6) is 0.309. The van der Waals surface area contributed by atoms with E-state index in [1.54, 1.807) is 13.1 Å². The minimum Gasteiger partial charge on any atom is -0.309 e. The fourth-order valence-corrected chi connectivity index (χ4v) is 5.89. The number of sulfonamides is 1. The minimum absolute atomic E-state index is 0.309. The van der Waals surface area contributed by atoms with Crippen molar-refractivity contribution >= 4 is 37.3 Å². The Morgan fingerprint density at radius 1 is 1.50 bits per heavy atom. The zero-order valence-corrected chi connectivity index (χ0v) is 15.2. The molecule has 0 amide bonds. The van der Waals surface area contributed by atoms with Gasteiger partial charge in [0.1, 0.15) is 4.90 Å². The molecular formula is C13H21BrN2O2S2. The molecule has 0 radical (unpaired) electrons. The summed E-state index contributed by atoms with van der Waals surface area (Å²) in [6.45, 7) is 5.30. The Morgan fingerprint density at radius 2 is 2.15 bits per heavy atom. The molecule has 4 nitrogen and oxygen atoms in total. The number of hydrogen-bond acceptors (Lipinski definition) is 4. The molecule has 1 aliphatic carbocycles. The molecule has 114 valence electrons. The van der Waals surface area contributed by atoms with E-state index in [-0.39, 0.29) is 0 Å². The van der Waals surface area contributed by atoms with Gasteiger partial charge in [-0.3, -0.25) is 0 Å². The third-order valence-corrected chi connectivity index (χ3v) is 7.23. The van der Waals surface area contributed by atoms with Crippen LogP contribution in [0.3, 0.4) is 0 Å². The topological polar surface area (TPSA) is 49.4 Å². The molecule has 1 aliphatic rings. The summed E-state index contributed by atoms with van der Waals surface area (Å²) in [5, 5.41) is 3.41. The van der Waals surface area contributed by atoms with Crippen molar-refractivity contribution < 1.29 is 8.42 Å². The van der Waals surface area contributed by atoms with E-state index in [1.807, 2.05) is 13.8 Å². The average molecular weight is 381 g/mol. The predicted molar refractivity (Wildman–Crippen MR) is 86.5 cm³/mol. The van der Waals surface area contributed by atoms with Gasteiger partial charge < -0.3 is 5.32 Å². The Hall–Kier alpha value is 0.0500. The van der Waals surface area contributed by atoms with Crippen molar-refractivity contribution in [3.05, 3.63) is 14.7 Å². The van der Waals surface area contributed by atoms with Gasteiger partial charge in [-0.2, -0.15) is 0 Å². The summed E-state index contributed by atoms with van der Waals surface area (Å²) < 4.78 is 27.2. The standard InChI is InChI=1S/C13H21BrN2O2S2/c1-9(2)8-16(3)20(17,18)12-6-11(19-13(12)14)7-15-10-4-5-10/h6,9-10,15H,4-5,7-8H2,1-3H3. The second-order valence-electron chi connectivity index (χ2n) is 5.69. The number of nitrogens with one attached hydrogen (secondary N) is 1. The van der Waals surface area contributed by atoms with Gasteiger partial charge in [-0.05, 0) is 40.8 Å². The van der Waals surface area contributed by atoms with E-state index in [2.05, 4.69) is 21.2 Å². The van der Waals surface area contributed by atoms with Gasteiger partial charge in [0.25, 0.3) is 0 Å². The van der Waals surface area contributed by atoms with Crippen LogP contribution in [-0.2, 0) is 16.6 Å². The quantitative estimate of drug-likeness (QED) is 0.790. The summed E-state index contributed by atoms with van der Waals surface area (Å²) >= 11 is 4.89. The van der Waals surface area contributed by atoms with E-state index in [1.165, 1.54) is 28.5 Å². The first-order chi connectivity index (χ1) is 9.30. The Balaban J connectivity index is 2.13. The van der Waals surface area contributed by atoms with Crippen LogP contribution in [0.25, 0.3) is 0 Å². The van der Waals surface area contributed by atoms with Crippen molar-refractivity contribution in [2.45, 2.75) is 44.2 Å². The van der Waals surface area contributed by atoms with Gasteiger partial charge in [0.2, 0.25) is 10.0 Å². The molecule has 0 spiro atoms. The molecule has 1 heterocycles. The number of halogens is 1. The fourth-order valence-electron chi connectivity index (χ4n) is 1.97. The van der Waals surface area contributed by atoms with Crippen LogP contribution in [0.5, 0.6) is 0 Å². The number of hydrogen-bond donors (Lipinski definition) is 1. The normalized spacial score (nSPS) is 16.3. The number of thiophene rings is 1. The molecule has 1 fully saturated rings. The highest BCUT2D eigenvalue weighted by molar-refractivity contribution is 9.11. The Bertz CT molecular complexity index is 565. The van der Waals surface area contributed by atoms with Gasteiger partial charge in [0.15, 0.2) is 0 Å². The summed E-state index contributed by atoms with van der Waals surface area (Å²) in [6, 6.07) is 2.41. The molecule has 0 aliphatic heterocycles. The smallest absolute Gasteiger partial charge is 0.244 e. The minimum atomic E-state index is -3.40. The van der Waals surface area contributed by atoms with Crippen LogP contribution in [0.2, 0.25) is 0 Å². The molecular weight excluding hydrogens is 360 g/mol. The van der Waals surface area contributed by atoms with E-state index >= 15 is 0 Å². The molecule has 0 saturated heterocycles. The zero-order valence-electron chi connectivity index (χ0n) is 12.0. The Labute approximate surface area is 133 Å². The highest BCUT2D eigenvalue weighted by atomic mass is 79.9. The highest BCUT2D eigenvalue weighted by Crippen LogP contribution is 2.34. The van der Waals surface area contributed by atoms with Crippen molar-refractivity contribution in [2.75, 3.05) is 13.6 Å². The van der Waals surface area contributed by atoms with Crippen LogP contribution in [0, 0.1) is 5.92 Å². The predicted octanol–water partition coefficient (Wildman–Crippen LogP) is 3.04. The summed E-state index contributed by atoms with van der Waals surface area (Å²) in [6.07, 6.45) is 2.46. The molecule has 7 heteroatoms. The Morgan fingerprint density at radius 3 is 2.70 bits per heavy atom. The molecule has 20 heavy (non-hydrogen) atoms. The molecule has 0 aromatic carbocycles. The van der Waals surface area contributed by atoms with Crippen molar-refractivity contribution in [1.82, 2.24) is 9.62 Å². The maximum absolute atomic E-state index is 12.5. The van der Waals surface area contributed by atoms with Crippen LogP contribution in [0.15, 0.2) is 14.7 Å². The third-order valence-electron chi connectivity index (χ3n) is 3.16. The summed E-state index contributed by atoms with van der Waals surface area (Å²) in [5.41, 5.74) is 0. The van der Waals surface area contributed by atoms with Gasteiger partial charge in [-0.25, -0.2) is 12.7 Å². The van der Waals surface area contributed by atoms with Gasteiger partial charge in [-0.15, -0.1) is 11.3 Å². The molecule has 0 unspecified atom stereocenters. The largest absolute Gasteiger partial charge is 0.309 e. The molecule has 1 aromatic heterocycles. The SMILES string of the molecule is CC(C)CN(C)S(=O)(=O)c1cc(CNC2CC2)sc1Br. The lowest BCUT2D eigenvalue weighted by Crippen LogP contribution is -2.30. The third kappa shape index (κ3) is 4.04. The monoisotopic (exact) mass is 380 g/mol. The lowest BCUT2D eigenvalue weighted by atomic mass is 10.2. The van der Waals surface area contributed by atoms with Crippen molar-refractivity contribution in [3.8, 4) is 0 Å². The number of rotatable bonds is 7. The second-order valence-corrected chi connectivity index (χ2v) is 10.2. The van der Waals surface area contributed by atoms with Gasteiger partial charge in [-0.1, -0.05) is 13.8 Å². The highest BCUT2D eigenvalue weighted by Gasteiger charge is 2.27. The van der Waals surface area contributed by atoms with Crippen molar-refractivity contribution in [2.24, 2.45) is 5.92 Å². The van der Waals surface area contributed by atoms with E-state index < -0.39 is 10.0 Å².